The highest BCUT2D eigenvalue weighted by molar-refractivity contribution is 14.1. The van der Waals surface area contributed by atoms with Gasteiger partial charge in [-0.25, -0.2) is 4.98 Å². The van der Waals surface area contributed by atoms with Crippen LogP contribution in [0.3, 0.4) is 0 Å². The van der Waals surface area contributed by atoms with Crippen molar-refractivity contribution < 1.29 is 4.79 Å². The molecule has 0 radical (unpaired) electrons. The Morgan fingerprint density at radius 3 is 2.83 bits per heavy atom. The first kappa shape index (κ1) is 9.92. The van der Waals surface area contributed by atoms with Crippen LogP contribution in [-0.4, -0.2) is 10.8 Å². The van der Waals surface area contributed by atoms with Gasteiger partial charge >= 0.3 is 0 Å². The molecule has 1 aromatic heterocycles. The molecule has 1 rings (SSSR count). The second kappa shape index (κ2) is 4.18. The van der Waals surface area contributed by atoms with E-state index in [1.165, 1.54) is 6.92 Å². The van der Waals surface area contributed by atoms with Gasteiger partial charge in [0.25, 0.3) is 0 Å². The van der Waals surface area contributed by atoms with Gasteiger partial charge in [-0.2, -0.15) is 0 Å². The van der Waals surface area contributed by atoms with E-state index in [2.05, 4.69) is 27.6 Å². The Hall–Kier alpha value is -0.160. The molecule has 0 saturated heterocycles. The highest BCUT2D eigenvalue weighted by Crippen LogP contribution is 2.10. The van der Waals surface area contributed by atoms with Crippen molar-refractivity contribution in [1.29, 1.82) is 0 Å². The maximum Gasteiger partial charge on any atom is 0.159 e. The molecule has 0 aliphatic rings. The number of pyridine rings is 1. The summed E-state index contributed by atoms with van der Waals surface area (Å²) in [6, 6.07) is 3.47. The molecule has 0 amide bonds. The number of hydrogen-bond acceptors (Lipinski definition) is 2. The number of ketones is 1. The Bertz CT molecular complexity index is 314. The Balaban J connectivity index is 3.15. The molecule has 0 aliphatic carbocycles. The zero-order chi connectivity index (χ0) is 9.14. The normalized spacial score (nSPS) is 9.92. The average molecular weight is 296 g/mol. The van der Waals surface area contributed by atoms with Crippen molar-refractivity contribution in [2.24, 2.45) is 0 Å². The maximum absolute atomic E-state index is 11.0. The van der Waals surface area contributed by atoms with Crippen molar-refractivity contribution in [2.45, 2.75) is 12.8 Å². The molecule has 4 heteroatoms. The van der Waals surface area contributed by atoms with Crippen LogP contribution in [0.4, 0.5) is 0 Å². The zero-order valence-corrected chi connectivity index (χ0v) is 9.39. The topological polar surface area (TPSA) is 30.0 Å². The van der Waals surface area contributed by atoms with Crippen molar-refractivity contribution in [3.8, 4) is 0 Å². The first-order valence-electron chi connectivity index (χ1n) is 3.37. The summed E-state index contributed by atoms with van der Waals surface area (Å²) in [5.41, 5.74) is 1.42. The SMILES string of the molecule is CC(=O)c1cc(I)nc(CCl)c1. The van der Waals surface area contributed by atoms with Crippen LogP contribution >= 0.6 is 34.2 Å². The molecule has 0 aliphatic heterocycles. The third kappa shape index (κ3) is 2.42. The van der Waals surface area contributed by atoms with Crippen molar-refractivity contribution >= 4 is 40.0 Å². The van der Waals surface area contributed by atoms with Gasteiger partial charge < -0.3 is 0 Å². The Kier molecular flexibility index (Phi) is 3.46. The molecule has 1 heterocycles. The van der Waals surface area contributed by atoms with E-state index < -0.39 is 0 Å². The summed E-state index contributed by atoms with van der Waals surface area (Å²) in [7, 11) is 0. The summed E-state index contributed by atoms with van der Waals surface area (Å²) in [6.07, 6.45) is 0. The fraction of sp³-hybridized carbons (Fsp3) is 0.250. The monoisotopic (exact) mass is 295 g/mol. The van der Waals surface area contributed by atoms with E-state index in [-0.39, 0.29) is 5.78 Å². The van der Waals surface area contributed by atoms with E-state index in [4.69, 9.17) is 11.6 Å². The molecule has 0 unspecified atom stereocenters. The smallest absolute Gasteiger partial charge is 0.159 e. The second-order valence-electron chi connectivity index (χ2n) is 2.36. The van der Waals surface area contributed by atoms with Gasteiger partial charge in [0.15, 0.2) is 5.78 Å². The van der Waals surface area contributed by atoms with E-state index in [0.29, 0.717) is 11.4 Å². The minimum absolute atomic E-state index is 0.0432. The molecule has 0 fully saturated rings. The molecular formula is C8H7ClINO. The first-order chi connectivity index (χ1) is 5.63. The molecule has 12 heavy (non-hydrogen) atoms. The lowest BCUT2D eigenvalue weighted by atomic mass is 10.2. The van der Waals surface area contributed by atoms with E-state index in [9.17, 15) is 4.79 Å². The molecule has 0 atom stereocenters. The van der Waals surface area contributed by atoms with Crippen LogP contribution in [0.15, 0.2) is 12.1 Å². The highest BCUT2D eigenvalue weighted by atomic mass is 127. The van der Waals surface area contributed by atoms with Crippen LogP contribution in [-0.2, 0) is 5.88 Å². The largest absolute Gasteiger partial charge is 0.295 e. The fourth-order valence-corrected chi connectivity index (χ4v) is 1.61. The van der Waals surface area contributed by atoms with Crippen molar-refractivity contribution in [3.63, 3.8) is 0 Å². The molecule has 0 saturated carbocycles. The number of carbonyl (C=O) groups is 1. The van der Waals surface area contributed by atoms with E-state index in [1.807, 2.05) is 0 Å². The molecular weight excluding hydrogens is 288 g/mol. The van der Waals surface area contributed by atoms with Crippen LogP contribution in [0, 0.1) is 3.70 Å². The molecule has 0 bridgehead atoms. The minimum atomic E-state index is 0.0432. The number of alkyl halides is 1. The van der Waals surface area contributed by atoms with Gasteiger partial charge in [0.05, 0.1) is 11.6 Å². The van der Waals surface area contributed by atoms with Gasteiger partial charge in [-0.05, 0) is 41.6 Å². The summed E-state index contributed by atoms with van der Waals surface area (Å²) in [6.45, 7) is 1.53. The van der Waals surface area contributed by atoms with Crippen molar-refractivity contribution in [2.75, 3.05) is 0 Å². The number of halogens is 2. The highest BCUT2D eigenvalue weighted by Gasteiger charge is 2.03. The van der Waals surface area contributed by atoms with Crippen LogP contribution in [0.1, 0.15) is 23.0 Å². The maximum atomic E-state index is 11.0. The van der Waals surface area contributed by atoms with Crippen LogP contribution < -0.4 is 0 Å². The molecule has 1 aromatic rings. The van der Waals surface area contributed by atoms with E-state index in [0.717, 1.165) is 9.39 Å². The lowest BCUT2D eigenvalue weighted by Crippen LogP contribution is -1.97. The molecule has 2 nitrogen and oxygen atoms in total. The minimum Gasteiger partial charge on any atom is -0.295 e. The van der Waals surface area contributed by atoms with Crippen LogP contribution in [0.2, 0.25) is 0 Å². The average Bonchev–Trinajstić information content (AvgIpc) is 2.03. The molecule has 0 aromatic carbocycles. The Labute approximate surface area is 89.5 Å². The first-order valence-corrected chi connectivity index (χ1v) is 4.98. The summed E-state index contributed by atoms with van der Waals surface area (Å²) in [5.74, 6) is 0.388. The van der Waals surface area contributed by atoms with Gasteiger partial charge in [0.2, 0.25) is 0 Å². The zero-order valence-electron chi connectivity index (χ0n) is 6.47. The predicted molar refractivity (Wildman–Crippen MR) is 56.5 cm³/mol. The second-order valence-corrected chi connectivity index (χ2v) is 3.73. The van der Waals surface area contributed by atoms with Crippen LogP contribution in [0.5, 0.6) is 0 Å². The van der Waals surface area contributed by atoms with Crippen LogP contribution in [0.25, 0.3) is 0 Å². The summed E-state index contributed by atoms with van der Waals surface area (Å²) < 4.78 is 0.802. The lowest BCUT2D eigenvalue weighted by molar-refractivity contribution is 0.101. The van der Waals surface area contributed by atoms with E-state index in [1.54, 1.807) is 12.1 Å². The predicted octanol–water partition coefficient (Wildman–Crippen LogP) is 2.63. The van der Waals surface area contributed by atoms with Gasteiger partial charge in [0.1, 0.15) is 3.70 Å². The number of hydrogen-bond donors (Lipinski definition) is 0. The van der Waals surface area contributed by atoms with Gasteiger partial charge in [0, 0.05) is 5.56 Å². The van der Waals surface area contributed by atoms with Crippen molar-refractivity contribution in [3.05, 3.63) is 27.1 Å². The number of nitrogens with zero attached hydrogens (tertiary/aromatic N) is 1. The number of rotatable bonds is 2. The third-order valence-electron chi connectivity index (χ3n) is 1.39. The van der Waals surface area contributed by atoms with Crippen molar-refractivity contribution in [1.82, 2.24) is 4.98 Å². The summed E-state index contributed by atoms with van der Waals surface area (Å²) in [4.78, 5) is 15.1. The molecule has 64 valence electrons. The third-order valence-corrected chi connectivity index (χ3v) is 2.22. The lowest BCUT2D eigenvalue weighted by Gasteiger charge is -1.99. The number of Topliss-reactive ketones (excluding diaryl/α,β-unsaturated/α-hetero) is 1. The van der Waals surface area contributed by atoms with Gasteiger partial charge in [-0.1, -0.05) is 0 Å². The Morgan fingerprint density at radius 2 is 2.33 bits per heavy atom. The standard InChI is InChI=1S/C8H7ClINO/c1-5(12)6-2-7(4-9)11-8(10)3-6/h2-3H,4H2,1H3. The molecule has 0 N–H and O–H groups in total. The quantitative estimate of drug-likeness (QED) is 0.363. The Morgan fingerprint density at radius 1 is 1.67 bits per heavy atom. The van der Waals surface area contributed by atoms with Gasteiger partial charge in [-0.15, -0.1) is 11.6 Å². The number of carbonyl (C=O) groups excluding carboxylic acids is 1. The van der Waals surface area contributed by atoms with Gasteiger partial charge in [-0.3, -0.25) is 4.79 Å². The molecule has 0 spiro atoms. The van der Waals surface area contributed by atoms with E-state index >= 15 is 0 Å². The summed E-state index contributed by atoms with van der Waals surface area (Å²) in [5, 5.41) is 0. The fourth-order valence-electron chi connectivity index (χ4n) is 0.823. The summed E-state index contributed by atoms with van der Waals surface area (Å²) >= 11 is 7.66. The number of aromatic nitrogens is 1.